The van der Waals surface area contributed by atoms with Crippen LogP contribution in [-0.4, -0.2) is 49.0 Å². The van der Waals surface area contributed by atoms with Crippen LogP contribution in [0.2, 0.25) is 0 Å². The predicted molar refractivity (Wildman–Crippen MR) is 124 cm³/mol. The van der Waals surface area contributed by atoms with Crippen molar-refractivity contribution >= 4 is 53.3 Å². The van der Waals surface area contributed by atoms with Crippen LogP contribution in [0.25, 0.3) is 0 Å². The third-order valence-electron chi connectivity index (χ3n) is 4.36. The summed E-state index contributed by atoms with van der Waals surface area (Å²) in [5.41, 5.74) is 2.29. The van der Waals surface area contributed by atoms with Crippen molar-refractivity contribution in [3.63, 3.8) is 0 Å². The number of hydrogen-bond donors (Lipinski definition) is 2. The molecule has 146 valence electrons. The van der Waals surface area contributed by atoms with Gasteiger partial charge in [-0.25, -0.2) is 4.99 Å². The number of nitrogens with zero attached hydrogens (tertiary/aromatic N) is 2. The highest BCUT2D eigenvalue weighted by molar-refractivity contribution is 14.0. The van der Waals surface area contributed by atoms with Crippen LogP contribution in [-0.2, 0) is 11.2 Å². The third-order valence-corrected chi connectivity index (χ3v) is 5.61. The average molecular weight is 490 g/mol. The Kier molecular flexibility index (Phi) is 9.78. The van der Waals surface area contributed by atoms with Crippen molar-refractivity contribution in [1.29, 1.82) is 0 Å². The molecule has 1 aromatic rings. The van der Waals surface area contributed by atoms with E-state index in [0.29, 0.717) is 5.96 Å². The van der Waals surface area contributed by atoms with E-state index in [0.717, 1.165) is 38.2 Å². The zero-order chi connectivity index (χ0) is 18.3. The van der Waals surface area contributed by atoms with Gasteiger partial charge < -0.3 is 15.5 Å². The molecule has 0 fully saturated rings. The maximum atomic E-state index is 12.7. The van der Waals surface area contributed by atoms with Gasteiger partial charge >= 0.3 is 0 Å². The van der Waals surface area contributed by atoms with E-state index in [2.05, 4.69) is 41.8 Å². The maximum Gasteiger partial charge on any atom is 0.248 e. The Balaban J connectivity index is 0.00000338. The highest BCUT2D eigenvalue weighted by Crippen LogP contribution is 2.26. The second-order valence-corrected chi connectivity index (χ2v) is 8.30. The standard InChI is InChI=1S/C19H30N4OS.HI/c1-5-20-18(22-14-19(2,3)25-4)21-13-17(24)23-12-8-10-15-9-6-7-11-16(15)23;/h6-7,9,11H,5,8,10,12-14H2,1-4H3,(H2,20,21,22);1H. The first-order chi connectivity index (χ1) is 12.0. The van der Waals surface area contributed by atoms with Gasteiger partial charge in [0.25, 0.3) is 0 Å². The number of anilines is 1. The number of rotatable bonds is 6. The molecule has 2 N–H and O–H groups in total. The van der Waals surface area contributed by atoms with E-state index in [1.165, 1.54) is 5.56 Å². The van der Waals surface area contributed by atoms with Crippen molar-refractivity contribution in [2.45, 2.75) is 38.4 Å². The van der Waals surface area contributed by atoms with E-state index >= 15 is 0 Å². The Bertz CT molecular complexity index is 621. The summed E-state index contributed by atoms with van der Waals surface area (Å²) < 4.78 is 0.117. The molecule has 0 saturated heterocycles. The van der Waals surface area contributed by atoms with Crippen LogP contribution in [0.1, 0.15) is 32.8 Å². The van der Waals surface area contributed by atoms with Gasteiger partial charge in [0.15, 0.2) is 5.96 Å². The molecule has 1 amide bonds. The fraction of sp³-hybridized carbons (Fsp3) is 0.579. The van der Waals surface area contributed by atoms with Gasteiger partial charge in [-0.05, 0) is 51.5 Å². The van der Waals surface area contributed by atoms with E-state index in [1.54, 1.807) is 11.8 Å². The summed E-state index contributed by atoms with van der Waals surface area (Å²) in [5, 5.41) is 6.55. The summed E-state index contributed by atoms with van der Waals surface area (Å²) in [6.45, 7) is 8.89. The van der Waals surface area contributed by atoms with E-state index in [1.807, 2.05) is 30.0 Å². The summed E-state index contributed by atoms with van der Waals surface area (Å²) in [5.74, 6) is 0.747. The lowest BCUT2D eigenvalue weighted by molar-refractivity contribution is -0.117. The zero-order valence-electron chi connectivity index (χ0n) is 16.2. The predicted octanol–water partition coefficient (Wildman–Crippen LogP) is 3.28. The van der Waals surface area contributed by atoms with E-state index in [-0.39, 0.29) is 41.2 Å². The Labute approximate surface area is 178 Å². The molecule has 2 rings (SSSR count). The molecule has 1 heterocycles. The lowest BCUT2D eigenvalue weighted by Crippen LogP contribution is -2.44. The number of carbonyl (C=O) groups is 1. The largest absolute Gasteiger partial charge is 0.357 e. The molecule has 0 saturated carbocycles. The first-order valence-corrected chi connectivity index (χ1v) is 10.1. The fourth-order valence-electron chi connectivity index (χ4n) is 2.74. The number of guanidine groups is 1. The smallest absolute Gasteiger partial charge is 0.248 e. The quantitative estimate of drug-likeness (QED) is 0.365. The van der Waals surface area contributed by atoms with E-state index in [9.17, 15) is 4.79 Å². The molecule has 0 aromatic heterocycles. The first kappa shape index (κ1) is 23.1. The number of nitrogens with one attached hydrogen (secondary N) is 2. The van der Waals surface area contributed by atoms with Gasteiger partial charge in [0.1, 0.15) is 6.54 Å². The number of halogens is 1. The lowest BCUT2D eigenvalue weighted by Gasteiger charge is -2.29. The topological polar surface area (TPSA) is 56.7 Å². The molecule has 0 aliphatic carbocycles. The zero-order valence-corrected chi connectivity index (χ0v) is 19.3. The van der Waals surface area contributed by atoms with Crippen LogP contribution < -0.4 is 15.5 Å². The van der Waals surface area contributed by atoms with Gasteiger partial charge in [-0.3, -0.25) is 4.79 Å². The van der Waals surface area contributed by atoms with Gasteiger partial charge in [0.05, 0.1) is 0 Å². The number of carbonyl (C=O) groups excluding carboxylic acids is 1. The summed E-state index contributed by atoms with van der Waals surface area (Å²) in [6.07, 6.45) is 4.15. The molecule has 0 bridgehead atoms. The van der Waals surface area contributed by atoms with Gasteiger partial charge in [-0.1, -0.05) is 18.2 Å². The number of aryl methyl sites for hydroxylation is 1. The van der Waals surface area contributed by atoms with Crippen LogP contribution in [0.15, 0.2) is 29.3 Å². The molecule has 0 radical (unpaired) electrons. The number of hydrogen-bond acceptors (Lipinski definition) is 3. The Morgan fingerprint density at radius 2 is 2.04 bits per heavy atom. The van der Waals surface area contributed by atoms with E-state index in [4.69, 9.17) is 0 Å². The lowest BCUT2D eigenvalue weighted by atomic mass is 10.0. The molecule has 1 aromatic carbocycles. The Hall–Kier alpha value is -0.960. The SMILES string of the molecule is CCNC(=NCC(=O)N1CCCc2ccccc21)NCC(C)(C)SC.I. The van der Waals surface area contributed by atoms with Crippen LogP contribution in [0.5, 0.6) is 0 Å². The van der Waals surface area contributed by atoms with Crippen LogP contribution in [0.4, 0.5) is 5.69 Å². The van der Waals surface area contributed by atoms with Crippen molar-refractivity contribution < 1.29 is 4.79 Å². The molecule has 7 heteroatoms. The van der Waals surface area contributed by atoms with Gasteiger partial charge in [0.2, 0.25) is 5.91 Å². The minimum atomic E-state index is 0. The molecule has 0 unspecified atom stereocenters. The number of amides is 1. The molecular weight excluding hydrogens is 459 g/mol. The number of thioether (sulfide) groups is 1. The Morgan fingerprint density at radius 3 is 2.73 bits per heavy atom. The number of benzene rings is 1. The molecule has 5 nitrogen and oxygen atoms in total. The average Bonchev–Trinajstić information content (AvgIpc) is 2.63. The number of aliphatic imine (C=N–C) groups is 1. The minimum Gasteiger partial charge on any atom is -0.357 e. The second kappa shape index (κ2) is 11.0. The normalized spacial score (nSPS) is 14.3. The fourth-order valence-corrected chi connectivity index (χ4v) is 2.95. The van der Waals surface area contributed by atoms with Crippen molar-refractivity contribution in [3.8, 4) is 0 Å². The molecule has 1 aliphatic rings. The molecule has 0 spiro atoms. The highest BCUT2D eigenvalue weighted by atomic mass is 127. The molecular formula is C19H31IN4OS. The first-order valence-electron chi connectivity index (χ1n) is 8.92. The van der Waals surface area contributed by atoms with Crippen molar-refractivity contribution in [2.75, 3.05) is 37.3 Å². The summed E-state index contributed by atoms with van der Waals surface area (Å²) in [6, 6.07) is 8.16. The van der Waals surface area contributed by atoms with Crippen molar-refractivity contribution in [2.24, 2.45) is 4.99 Å². The van der Waals surface area contributed by atoms with Crippen LogP contribution in [0, 0.1) is 0 Å². The third kappa shape index (κ3) is 6.64. The van der Waals surface area contributed by atoms with E-state index < -0.39 is 0 Å². The van der Waals surface area contributed by atoms with Gasteiger partial charge in [-0.15, -0.1) is 24.0 Å². The summed E-state index contributed by atoms with van der Waals surface area (Å²) >= 11 is 1.81. The second-order valence-electron chi connectivity index (χ2n) is 6.79. The summed E-state index contributed by atoms with van der Waals surface area (Å²) in [7, 11) is 0. The van der Waals surface area contributed by atoms with Gasteiger partial charge in [0, 0.05) is 30.1 Å². The van der Waals surface area contributed by atoms with Crippen molar-refractivity contribution in [1.82, 2.24) is 10.6 Å². The molecule has 0 atom stereocenters. The summed E-state index contributed by atoms with van der Waals surface area (Å²) in [4.78, 5) is 19.1. The maximum absolute atomic E-state index is 12.7. The number of fused-ring (bicyclic) bond motifs is 1. The molecule has 26 heavy (non-hydrogen) atoms. The van der Waals surface area contributed by atoms with Crippen LogP contribution in [0.3, 0.4) is 0 Å². The monoisotopic (exact) mass is 490 g/mol. The minimum absolute atomic E-state index is 0. The van der Waals surface area contributed by atoms with Crippen molar-refractivity contribution in [3.05, 3.63) is 29.8 Å². The molecule has 1 aliphatic heterocycles. The highest BCUT2D eigenvalue weighted by Gasteiger charge is 2.22. The number of para-hydroxylation sites is 1. The van der Waals surface area contributed by atoms with Crippen LogP contribution >= 0.6 is 35.7 Å². The van der Waals surface area contributed by atoms with Gasteiger partial charge in [-0.2, -0.15) is 11.8 Å². The Morgan fingerprint density at radius 1 is 1.31 bits per heavy atom.